The molecular weight excluding hydrogens is 220 g/mol. The maximum atomic E-state index is 13.4. The molecular formula is C11H12ClF2N. The second-order valence-corrected chi connectivity index (χ2v) is 4.35. The van der Waals surface area contributed by atoms with E-state index in [1.165, 1.54) is 12.1 Å². The quantitative estimate of drug-likeness (QED) is 0.826. The summed E-state index contributed by atoms with van der Waals surface area (Å²) >= 11 is 5.55. The van der Waals surface area contributed by atoms with Gasteiger partial charge < -0.3 is 5.32 Å². The molecule has 1 aliphatic rings. The zero-order valence-electron chi connectivity index (χ0n) is 8.19. The van der Waals surface area contributed by atoms with E-state index in [4.69, 9.17) is 11.6 Å². The van der Waals surface area contributed by atoms with E-state index < -0.39 is 11.6 Å². The lowest BCUT2D eigenvalue weighted by molar-refractivity contribution is 0.506. The average Bonchev–Trinajstić information content (AvgIpc) is 2.63. The van der Waals surface area contributed by atoms with E-state index in [0.717, 1.165) is 19.5 Å². The van der Waals surface area contributed by atoms with Gasteiger partial charge in [0.05, 0.1) is 0 Å². The standard InChI is InChI=1S/C11H12ClF2N/c12-8-4-10(13)9(11(14)5-8)3-7-1-2-15-6-7/h4-5,7,15H,1-3,6H2. The minimum Gasteiger partial charge on any atom is -0.316 e. The van der Waals surface area contributed by atoms with Gasteiger partial charge in [-0.25, -0.2) is 8.78 Å². The van der Waals surface area contributed by atoms with Crippen molar-refractivity contribution in [1.82, 2.24) is 5.32 Å². The lowest BCUT2D eigenvalue weighted by Gasteiger charge is -2.10. The van der Waals surface area contributed by atoms with Crippen LogP contribution in [0.4, 0.5) is 8.78 Å². The van der Waals surface area contributed by atoms with Crippen molar-refractivity contribution in [2.75, 3.05) is 13.1 Å². The molecule has 0 aromatic heterocycles. The van der Waals surface area contributed by atoms with Crippen molar-refractivity contribution in [2.24, 2.45) is 5.92 Å². The third-order valence-electron chi connectivity index (χ3n) is 2.76. The van der Waals surface area contributed by atoms with Gasteiger partial charge in [0, 0.05) is 10.6 Å². The van der Waals surface area contributed by atoms with Crippen molar-refractivity contribution in [2.45, 2.75) is 12.8 Å². The summed E-state index contributed by atoms with van der Waals surface area (Å²) in [6.07, 6.45) is 1.42. The van der Waals surface area contributed by atoms with E-state index in [-0.39, 0.29) is 10.6 Å². The number of hydrogen-bond donors (Lipinski definition) is 1. The van der Waals surface area contributed by atoms with Crippen molar-refractivity contribution in [3.05, 3.63) is 34.4 Å². The molecule has 1 nitrogen and oxygen atoms in total. The molecule has 0 saturated carbocycles. The Morgan fingerprint density at radius 1 is 1.33 bits per heavy atom. The van der Waals surface area contributed by atoms with Crippen LogP contribution in [-0.4, -0.2) is 13.1 Å². The molecule has 15 heavy (non-hydrogen) atoms. The first kappa shape index (κ1) is 10.8. The Hall–Kier alpha value is -0.670. The molecule has 4 heteroatoms. The van der Waals surface area contributed by atoms with Crippen molar-refractivity contribution >= 4 is 11.6 Å². The predicted molar refractivity (Wildman–Crippen MR) is 56.0 cm³/mol. The maximum absolute atomic E-state index is 13.4. The van der Waals surface area contributed by atoms with Gasteiger partial charge in [0.25, 0.3) is 0 Å². The van der Waals surface area contributed by atoms with Crippen LogP contribution in [0.2, 0.25) is 5.02 Å². The monoisotopic (exact) mass is 231 g/mol. The fourth-order valence-electron chi connectivity index (χ4n) is 1.94. The molecule has 0 amide bonds. The van der Waals surface area contributed by atoms with Crippen LogP contribution in [0, 0.1) is 17.6 Å². The second kappa shape index (κ2) is 4.45. The number of rotatable bonds is 2. The van der Waals surface area contributed by atoms with Gasteiger partial charge in [-0.2, -0.15) is 0 Å². The topological polar surface area (TPSA) is 12.0 Å². The molecule has 1 fully saturated rings. The third kappa shape index (κ3) is 2.47. The number of benzene rings is 1. The first-order chi connectivity index (χ1) is 7.16. The first-order valence-electron chi connectivity index (χ1n) is 5.01. The molecule has 2 rings (SSSR count). The molecule has 82 valence electrons. The van der Waals surface area contributed by atoms with Gasteiger partial charge in [-0.1, -0.05) is 11.6 Å². The van der Waals surface area contributed by atoms with E-state index in [1.54, 1.807) is 0 Å². The van der Waals surface area contributed by atoms with E-state index in [2.05, 4.69) is 5.32 Å². The largest absolute Gasteiger partial charge is 0.316 e. The molecule has 1 aromatic rings. The summed E-state index contributed by atoms with van der Waals surface area (Å²) in [6, 6.07) is 2.34. The van der Waals surface area contributed by atoms with Crippen LogP contribution >= 0.6 is 11.6 Å². The third-order valence-corrected chi connectivity index (χ3v) is 2.98. The zero-order chi connectivity index (χ0) is 10.8. The van der Waals surface area contributed by atoms with E-state index >= 15 is 0 Å². The van der Waals surface area contributed by atoms with Gasteiger partial charge in [-0.05, 0) is 44.0 Å². The summed E-state index contributed by atoms with van der Waals surface area (Å²) in [5.41, 5.74) is 0.160. The fourth-order valence-corrected chi connectivity index (χ4v) is 2.14. The molecule has 0 bridgehead atoms. The van der Waals surface area contributed by atoms with Gasteiger partial charge in [-0.3, -0.25) is 0 Å². The van der Waals surface area contributed by atoms with Crippen LogP contribution in [0.25, 0.3) is 0 Å². The molecule has 1 heterocycles. The van der Waals surface area contributed by atoms with Gasteiger partial charge in [0.1, 0.15) is 11.6 Å². The molecule has 1 aliphatic heterocycles. The summed E-state index contributed by atoms with van der Waals surface area (Å²) in [7, 11) is 0. The summed E-state index contributed by atoms with van der Waals surface area (Å²) in [5, 5.41) is 3.28. The Labute approximate surface area is 92.4 Å². The summed E-state index contributed by atoms with van der Waals surface area (Å²) in [4.78, 5) is 0. The summed E-state index contributed by atoms with van der Waals surface area (Å²) < 4.78 is 26.8. The van der Waals surface area contributed by atoms with Crippen LogP contribution in [-0.2, 0) is 6.42 Å². The van der Waals surface area contributed by atoms with Crippen molar-refractivity contribution in [1.29, 1.82) is 0 Å². The van der Waals surface area contributed by atoms with E-state index in [9.17, 15) is 8.78 Å². The van der Waals surface area contributed by atoms with Gasteiger partial charge >= 0.3 is 0 Å². The summed E-state index contributed by atoms with van der Waals surface area (Å²) in [5.74, 6) is -0.742. The van der Waals surface area contributed by atoms with E-state index in [0.29, 0.717) is 12.3 Å². The van der Waals surface area contributed by atoms with Crippen molar-refractivity contribution < 1.29 is 8.78 Å². The average molecular weight is 232 g/mol. The normalized spacial score (nSPS) is 20.9. The Kier molecular flexibility index (Phi) is 3.22. The maximum Gasteiger partial charge on any atom is 0.130 e. The van der Waals surface area contributed by atoms with Crippen molar-refractivity contribution in [3.8, 4) is 0 Å². The minimum absolute atomic E-state index is 0.110. The molecule has 0 radical (unpaired) electrons. The molecule has 1 saturated heterocycles. The summed E-state index contributed by atoms with van der Waals surface area (Å²) in [6.45, 7) is 1.77. The van der Waals surface area contributed by atoms with Crippen molar-refractivity contribution in [3.63, 3.8) is 0 Å². The molecule has 1 unspecified atom stereocenters. The first-order valence-corrected chi connectivity index (χ1v) is 5.39. The highest BCUT2D eigenvalue weighted by Gasteiger charge is 2.19. The zero-order valence-corrected chi connectivity index (χ0v) is 8.95. The molecule has 0 spiro atoms. The highest BCUT2D eigenvalue weighted by molar-refractivity contribution is 6.30. The molecule has 0 aliphatic carbocycles. The van der Waals surface area contributed by atoms with Crippen LogP contribution in [0.15, 0.2) is 12.1 Å². The number of hydrogen-bond acceptors (Lipinski definition) is 1. The van der Waals surface area contributed by atoms with Gasteiger partial charge in [0.2, 0.25) is 0 Å². The lowest BCUT2D eigenvalue weighted by Crippen LogP contribution is -2.12. The molecule has 1 atom stereocenters. The molecule has 1 aromatic carbocycles. The Morgan fingerprint density at radius 3 is 2.53 bits per heavy atom. The lowest BCUT2D eigenvalue weighted by atomic mass is 9.98. The SMILES string of the molecule is Fc1cc(Cl)cc(F)c1CC1CCNC1. The Balaban J connectivity index is 2.19. The van der Waals surface area contributed by atoms with Gasteiger partial charge in [-0.15, -0.1) is 0 Å². The highest BCUT2D eigenvalue weighted by Crippen LogP contribution is 2.23. The Bertz CT molecular complexity index is 339. The number of nitrogens with one attached hydrogen (secondary N) is 1. The second-order valence-electron chi connectivity index (χ2n) is 3.91. The van der Waals surface area contributed by atoms with Crippen LogP contribution in [0.3, 0.4) is 0 Å². The van der Waals surface area contributed by atoms with E-state index in [1.807, 2.05) is 0 Å². The van der Waals surface area contributed by atoms with Crippen LogP contribution in [0.5, 0.6) is 0 Å². The van der Waals surface area contributed by atoms with Crippen LogP contribution in [0.1, 0.15) is 12.0 Å². The number of halogens is 3. The smallest absolute Gasteiger partial charge is 0.130 e. The van der Waals surface area contributed by atoms with Gasteiger partial charge in [0.15, 0.2) is 0 Å². The minimum atomic E-state index is -0.535. The molecule has 1 N–H and O–H groups in total. The fraction of sp³-hybridized carbons (Fsp3) is 0.455. The Morgan fingerprint density at radius 2 is 2.00 bits per heavy atom. The highest BCUT2D eigenvalue weighted by atomic mass is 35.5. The van der Waals surface area contributed by atoms with Crippen LogP contribution < -0.4 is 5.32 Å². The predicted octanol–water partition coefficient (Wildman–Crippen LogP) is 2.77.